The van der Waals surface area contributed by atoms with E-state index in [4.69, 9.17) is 5.73 Å². The predicted octanol–water partition coefficient (Wildman–Crippen LogP) is 6.36. The number of halogens is 9. The van der Waals surface area contributed by atoms with Crippen molar-refractivity contribution in [3.63, 3.8) is 0 Å². The minimum Gasteiger partial charge on any atom is -0.383 e. The molecule has 0 aliphatic heterocycles. The van der Waals surface area contributed by atoms with Crippen LogP contribution in [-0.4, -0.2) is 19.7 Å². The summed E-state index contributed by atoms with van der Waals surface area (Å²) in [4.78, 5) is 5.74. The van der Waals surface area contributed by atoms with Crippen LogP contribution in [0.2, 0.25) is 0 Å². The molecule has 0 aliphatic carbocycles. The van der Waals surface area contributed by atoms with Crippen LogP contribution in [0.15, 0.2) is 12.1 Å². The van der Waals surface area contributed by atoms with E-state index in [1.807, 2.05) is 0 Å². The van der Waals surface area contributed by atoms with Gasteiger partial charge in [-0.05, 0) is 36.1 Å². The number of aromatic nitrogens is 4. The lowest BCUT2D eigenvalue weighted by Gasteiger charge is -2.19. The van der Waals surface area contributed by atoms with E-state index in [9.17, 15) is 39.5 Å². The van der Waals surface area contributed by atoms with Crippen molar-refractivity contribution < 1.29 is 39.5 Å². The zero-order chi connectivity index (χ0) is 25.6. The lowest BCUT2D eigenvalue weighted by Crippen LogP contribution is -2.17. The molecule has 3 rings (SSSR count). The molecule has 2 heterocycles. The van der Waals surface area contributed by atoms with Crippen molar-refractivity contribution in [2.75, 3.05) is 5.73 Å². The lowest BCUT2D eigenvalue weighted by molar-refractivity contribution is -0.151. The number of aryl methyl sites for hydroxylation is 2. The van der Waals surface area contributed by atoms with Gasteiger partial charge in [-0.25, -0.2) is 14.6 Å². The number of alkyl halides is 9. The minimum atomic E-state index is -5.33. The molecule has 3 aromatic rings. The largest absolute Gasteiger partial charge is 0.451 e. The smallest absolute Gasteiger partial charge is 0.383 e. The quantitative estimate of drug-likeness (QED) is 0.415. The van der Waals surface area contributed by atoms with Crippen molar-refractivity contribution in [2.45, 2.75) is 58.1 Å². The number of nitrogens with two attached hydrogens (primary N) is 1. The van der Waals surface area contributed by atoms with Crippen molar-refractivity contribution in [1.29, 1.82) is 0 Å². The molecule has 0 unspecified atom stereocenters. The first-order chi connectivity index (χ1) is 15.6. The highest BCUT2D eigenvalue weighted by molar-refractivity contribution is 5.90. The topological polar surface area (TPSA) is 69.6 Å². The number of anilines is 1. The summed E-state index contributed by atoms with van der Waals surface area (Å²) in [6.07, 6.45) is -14.4. The predicted molar refractivity (Wildman–Crippen MR) is 104 cm³/mol. The van der Waals surface area contributed by atoms with E-state index in [0.29, 0.717) is 12.8 Å². The van der Waals surface area contributed by atoms with Gasteiger partial charge in [0.2, 0.25) is 5.82 Å². The molecular weight excluding hydrogens is 481 g/mol. The summed E-state index contributed by atoms with van der Waals surface area (Å²) in [6, 6.07) is 1.67. The Morgan fingerprint density at radius 3 is 1.74 bits per heavy atom. The lowest BCUT2D eigenvalue weighted by atomic mass is 9.96. The molecule has 0 radical (unpaired) electrons. The normalized spacial score (nSPS) is 13.1. The number of hydrogen-bond donors (Lipinski definition) is 1. The van der Waals surface area contributed by atoms with E-state index in [1.165, 1.54) is 0 Å². The second-order valence-corrected chi connectivity index (χ2v) is 7.53. The Morgan fingerprint density at radius 2 is 1.32 bits per heavy atom. The molecule has 186 valence electrons. The molecule has 0 amide bonds. The standard InChI is InChI=1S/C20H18F9N5/c1-3-5-9-7-11(18(21,22)23)8-10(6-4-2)13(9)34-15(30)12-14(19(24,25)26)31-17(20(27,28)29)32-16(12)33-34/h7-8H,3-6,30H2,1-2H3. The fourth-order valence-corrected chi connectivity index (χ4v) is 3.63. The van der Waals surface area contributed by atoms with Gasteiger partial charge in [-0.15, -0.1) is 5.10 Å². The molecule has 0 saturated heterocycles. The molecule has 0 aliphatic rings. The third-order valence-corrected chi connectivity index (χ3v) is 4.94. The van der Waals surface area contributed by atoms with E-state index in [-0.39, 0.29) is 29.7 Å². The van der Waals surface area contributed by atoms with Crippen LogP contribution in [0.4, 0.5) is 45.3 Å². The van der Waals surface area contributed by atoms with Crippen LogP contribution in [0.25, 0.3) is 16.7 Å². The molecule has 0 spiro atoms. The van der Waals surface area contributed by atoms with Crippen LogP contribution >= 0.6 is 0 Å². The van der Waals surface area contributed by atoms with Crippen LogP contribution < -0.4 is 5.73 Å². The third kappa shape index (κ3) is 4.75. The molecule has 1 aromatic carbocycles. The summed E-state index contributed by atoms with van der Waals surface area (Å²) in [5.41, 5.74) is 2.17. The van der Waals surface area contributed by atoms with Gasteiger partial charge >= 0.3 is 18.5 Å². The van der Waals surface area contributed by atoms with Crippen molar-refractivity contribution in [3.8, 4) is 5.69 Å². The van der Waals surface area contributed by atoms with E-state index >= 15 is 0 Å². The number of nitrogens with zero attached hydrogens (tertiary/aromatic N) is 4. The minimum absolute atomic E-state index is 0.0196. The van der Waals surface area contributed by atoms with Gasteiger partial charge in [0.25, 0.3) is 0 Å². The van der Waals surface area contributed by atoms with Gasteiger partial charge in [-0.3, -0.25) is 0 Å². The van der Waals surface area contributed by atoms with Gasteiger partial charge in [0, 0.05) is 0 Å². The molecule has 0 atom stereocenters. The molecule has 5 nitrogen and oxygen atoms in total. The Kier molecular flexibility index (Phi) is 6.48. The maximum atomic E-state index is 13.6. The Hall–Kier alpha value is -3.06. The number of benzene rings is 1. The summed E-state index contributed by atoms with van der Waals surface area (Å²) >= 11 is 0. The van der Waals surface area contributed by atoms with Gasteiger partial charge in [-0.1, -0.05) is 26.7 Å². The number of nitrogen functional groups attached to an aromatic ring is 1. The average molecular weight is 499 g/mol. The first-order valence-corrected chi connectivity index (χ1v) is 10.0. The Bertz CT molecular complexity index is 1180. The molecule has 2 aromatic heterocycles. The van der Waals surface area contributed by atoms with Gasteiger partial charge in [0.15, 0.2) is 11.3 Å². The third-order valence-electron chi connectivity index (χ3n) is 4.94. The number of rotatable bonds is 5. The summed E-state index contributed by atoms with van der Waals surface area (Å²) in [7, 11) is 0. The fraction of sp³-hybridized carbons (Fsp3) is 0.450. The van der Waals surface area contributed by atoms with E-state index in [1.54, 1.807) is 13.8 Å². The van der Waals surface area contributed by atoms with Crippen LogP contribution in [0, 0.1) is 0 Å². The highest BCUT2D eigenvalue weighted by Gasteiger charge is 2.43. The van der Waals surface area contributed by atoms with E-state index in [0.717, 1.165) is 16.8 Å². The Labute approximate surface area is 186 Å². The molecule has 2 N–H and O–H groups in total. The van der Waals surface area contributed by atoms with Crippen molar-refractivity contribution in [3.05, 3.63) is 40.3 Å². The van der Waals surface area contributed by atoms with Gasteiger partial charge in [0.05, 0.1) is 16.6 Å². The van der Waals surface area contributed by atoms with Crippen LogP contribution in [0.1, 0.15) is 54.9 Å². The Morgan fingerprint density at radius 1 is 0.794 bits per heavy atom. The number of fused-ring (bicyclic) bond motifs is 1. The Balaban J connectivity index is 2.44. The molecule has 34 heavy (non-hydrogen) atoms. The van der Waals surface area contributed by atoms with Gasteiger partial charge in [0.1, 0.15) is 5.82 Å². The summed E-state index contributed by atoms with van der Waals surface area (Å²) in [6.45, 7) is 3.35. The average Bonchev–Trinajstić information content (AvgIpc) is 3.02. The highest BCUT2D eigenvalue weighted by atomic mass is 19.4. The molecular formula is C20H18F9N5. The second kappa shape index (κ2) is 8.62. The summed E-state index contributed by atoms with van der Waals surface area (Å²) in [5, 5.41) is 2.80. The van der Waals surface area contributed by atoms with E-state index in [2.05, 4.69) is 15.1 Å². The zero-order valence-corrected chi connectivity index (χ0v) is 17.8. The number of hydrogen-bond acceptors (Lipinski definition) is 4. The first-order valence-electron chi connectivity index (χ1n) is 10.0. The van der Waals surface area contributed by atoms with Gasteiger partial charge in [-0.2, -0.15) is 39.5 Å². The maximum absolute atomic E-state index is 13.6. The van der Waals surface area contributed by atoms with E-state index < -0.39 is 52.5 Å². The molecule has 14 heteroatoms. The second-order valence-electron chi connectivity index (χ2n) is 7.53. The maximum Gasteiger partial charge on any atom is 0.451 e. The van der Waals surface area contributed by atoms with Crippen LogP contribution in [0.3, 0.4) is 0 Å². The highest BCUT2D eigenvalue weighted by Crippen LogP contribution is 2.40. The SMILES string of the molecule is CCCc1cc(C(F)(F)F)cc(CCC)c1-n1nc2nc(C(F)(F)F)nc(C(F)(F)F)c2c1N. The zero-order valence-electron chi connectivity index (χ0n) is 17.8. The van der Waals surface area contributed by atoms with Gasteiger partial charge < -0.3 is 5.73 Å². The van der Waals surface area contributed by atoms with Crippen molar-refractivity contribution in [2.24, 2.45) is 0 Å². The first kappa shape index (κ1) is 25.6. The van der Waals surface area contributed by atoms with Crippen molar-refractivity contribution in [1.82, 2.24) is 19.7 Å². The molecule has 0 fully saturated rings. The van der Waals surface area contributed by atoms with Crippen LogP contribution in [0.5, 0.6) is 0 Å². The summed E-state index contributed by atoms with van der Waals surface area (Å²) in [5.74, 6) is -2.79. The summed E-state index contributed by atoms with van der Waals surface area (Å²) < 4.78 is 121. The molecule has 0 bridgehead atoms. The van der Waals surface area contributed by atoms with Crippen molar-refractivity contribution >= 4 is 16.9 Å². The monoisotopic (exact) mass is 499 g/mol. The fourth-order valence-electron chi connectivity index (χ4n) is 3.63. The van der Waals surface area contributed by atoms with Crippen LogP contribution in [-0.2, 0) is 31.4 Å². The molecule has 0 saturated carbocycles.